The number of nitro groups is 1. The molecule has 0 heterocycles. The molecule has 0 aliphatic rings. The van der Waals surface area contributed by atoms with E-state index in [-0.39, 0.29) is 16.6 Å². The highest BCUT2D eigenvalue weighted by Gasteiger charge is 2.27. The van der Waals surface area contributed by atoms with Crippen LogP contribution in [0.2, 0.25) is 0 Å². The molecular formula is C10H14N2O4S. The Bertz CT molecular complexity index is 537. The van der Waals surface area contributed by atoms with E-state index in [1.54, 1.807) is 13.8 Å². The Hall–Kier alpha value is -1.47. The van der Waals surface area contributed by atoms with Gasteiger partial charge >= 0.3 is 0 Å². The molecule has 0 atom stereocenters. The Morgan fingerprint density at radius 2 is 1.94 bits per heavy atom. The molecule has 1 aromatic rings. The van der Waals surface area contributed by atoms with Gasteiger partial charge in [-0.15, -0.1) is 0 Å². The second kappa shape index (κ2) is 4.80. The average molecular weight is 258 g/mol. The van der Waals surface area contributed by atoms with E-state index in [2.05, 4.69) is 4.72 Å². The van der Waals surface area contributed by atoms with Gasteiger partial charge in [0.25, 0.3) is 5.69 Å². The van der Waals surface area contributed by atoms with Crippen molar-refractivity contribution in [1.82, 2.24) is 4.72 Å². The van der Waals surface area contributed by atoms with Gasteiger partial charge in [0.2, 0.25) is 10.0 Å². The van der Waals surface area contributed by atoms with Gasteiger partial charge in [0.1, 0.15) is 0 Å². The molecule has 7 heteroatoms. The quantitative estimate of drug-likeness (QED) is 0.656. The smallest absolute Gasteiger partial charge is 0.258 e. The van der Waals surface area contributed by atoms with Gasteiger partial charge in [-0.1, -0.05) is 12.1 Å². The summed E-state index contributed by atoms with van der Waals surface area (Å²) >= 11 is 0. The SMILES string of the molecule is Cc1cccc(S(=O)(=O)NC(C)C)c1[N+](=O)[O-]. The number of hydrogen-bond acceptors (Lipinski definition) is 4. The molecule has 0 spiro atoms. The maximum Gasteiger partial charge on any atom is 0.292 e. The number of nitrogens with zero attached hydrogens (tertiary/aromatic N) is 1. The molecule has 0 aliphatic carbocycles. The number of aryl methyl sites for hydroxylation is 1. The summed E-state index contributed by atoms with van der Waals surface area (Å²) in [4.78, 5) is 9.92. The van der Waals surface area contributed by atoms with Gasteiger partial charge in [0, 0.05) is 11.6 Å². The molecule has 0 saturated carbocycles. The monoisotopic (exact) mass is 258 g/mol. The standard InChI is InChI=1S/C10H14N2O4S/c1-7(2)11-17(15,16)9-6-4-5-8(3)10(9)12(13)14/h4-7,11H,1-3H3. The van der Waals surface area contributed by atoms with Crippen LogP contribution < -0.4 is 4.72 Å². The van der Waals surface area contributed by atoms with Crippen molar-refractivity contribution in [2.24, 2.45) is 0 Å². The van der Waals surface area contributed by atoms with E-state index in [0.717, 1.165) is 0 Å². The first-order chi connectivity index (χ1) is 7.75. The van der Waals surface area contributed by atoms with Crippen LogP contribution in [-0.2, 0) is 10.0 Å². The van der Waals surface area contributed by atoms with Crippen molar-refractivity contribution < 1.29 is 13.3 Å². The highest BCUT2D eigenvalue weighted by molar-refractivity contribution is 7.89. The predicted molar refractivity (Wildman–Crippen MR) is 63.3 cm³/mol. The van der Waals surface area contributed by atoms with Crippen LogP contribution in [0, 0.1) is 17.0 Å². The second-order valence-corrected chi connectivity index (χ2v) is 5.64. The third-order valence-electron chi connectivity index (χ3n) is 2.06. The molecule has 0 saturated heterocycles. The molecule has 0 aliphatic heterocycles. The fraction of sp³-hybridized carbons (Fsp3) is 0.400. The summed E-state index contributed by atoms with van der Waals surface area (Å²) in [5.41, 5.74) is -0.0534. The van der Waals surface area contributed by atoms with Crippen molar-refractivity contribution in [2.75, 3.05) is 0 Å². The lowest BCUT2D eigenvalue weighted by Gasteiger charge is -2.10. The number of hydrogen-bond donors (Lipinski definition) is 1. The average Bonchev–Trinajstić information content (AvgIpc) is 2.14. The van der Waals surface area contributed by atoms with E-state index in [9.17, 15) is 18.5 Å². The van der Waals surface area contributed by atoms with Crippen molar-refractivity contribution >= 4 is 15.7 Å². The summed E-state index contributed by atoms with van der Waals surface area (Å²) in [7, 11) is -3.85. The van der Waals surface area contributed by atoms with Crippen LogP contribution in [0.15, 0.2) is 23.1 Å². The summed E-state index contributed by atoms with van der Waals surface area (Å²) < 4.78 is 26.1. The first-order valence-electron chi connectivity index (χ1n) is 5.02. The zero-order valence-electron chi connectivity index (χ0n) is 9.80. The van der Waals surface area contributed by atoms with Gasteiger partial charge in [-0.25, -0.2) is 13.1 Å². The maximum atomic E-state index is 11.9. The Balaban J connectivity index is 3.42. The topological polar surface area (TPSA) is 89.3 Å². The molecule has 1 aromatic carbocycles. The Labute approximate surface area is 99.9 Å². The van der Waals surface area contributed by atoms with Gasteiger partial charge in [-0.2, -0.15) is 0 Å². The van der Waals surface area contributed by atoms with Crippen molar-refractivity contribution in [3.8, 4) is 0 Å². The molecule has 1 N–H and O–H groups in total. The van der Waals surface area contributed by atoms with Gasteiger partial charge in [-0.3, -0.25) is 10.1 Å². The zero-order valence-corrected chi connectivity index (χ0v) is 10.6. The number of para-hydroxylation sites is 1. The lowest BCUT2D eigenvalue weighted by Crippen LogP contribution is -2.30. The fourth-order valence-electron chi connectivity index (χ4n) is 1.46. The Kier molecular flexibility index (Phi) is 3.84. The largest absolute Gasteiger partial charge is 0.292 e. The molecule has 94 valence electrons. The van der Waals surface area contributed by atoms with E-state index >= 15 is 0 Å². The van der Waals surface area contributed by atoms with Crippen molar-refractivity contribution in [1.29, 1.82) is 0 Å². The van der Waals surface area contributed by atoms with E-state index in [4.69, 9.17) is 0 Å². The van der Waals surface area contributed by atoms with Crippen molar-refractivity contribution in [3.63, 3.8) is 0 Å². The molecule has 0 aromatic heterocycles. The predicted octanol–water partition coefficient (Wildman–Crippen LogP) is 1.59. The summed E-state index contributed by atoms with van der Waals surface area (Å²) in [6.45, 7) is 4.81. The third-order valence-corrected chi connectivity index (χ3v) is 3.75. The van der Waals surface area contributed by atoms with E-state index in [1.807, 2.05) is 0 Å². The minimum absolute atomic E-state index is 0.295. The Morgan fingerprint density at radius 1 is 1.35 bits per heavy atom. The van der Waals surface area contributed by atoms with Crippen LogP contribution >= 0.6 is 0 Å². The highest BCUT2D eigenvalue weighted by Crippen LogP contribution is 2.27. The molecule has 6 nitrogen and oxygen atoms in total. The van der Waals surface area contributed by atoms with E-state index in [1.165, 1.54) is 25.1 Å². The zero-order chi connectivity index (χ0) is 13.2. The van der Waals surface area contributed by atoms with E-state index in [0.29, 0.717) is 5.56 Å². The lowest BCUT2D eigenvalue weighted by atomic mass is 10.2. The number of nitrogens with one attached hydrogen (secondary N) is 1. The summed E-state index contributed by atoms with van der Waals surface area (Å²) in [5, 5.41) is 10.9. The van der Waals surface area contributed by atoms with Gasteiger partial charge in [0.15, 0.2) is 4.90 Å². The van der Waals surface area contributed by atoms with Crippen LogP contribution in [0.25, 0.3) is 0 Å². The van der Waals surface area contributed by atoms with Gasteiger partial charge < -0.3 is 0 Å². The fourth-order valence-corrected chi connectivity index (χ4v) is 2.95. The minimum Gasteiger partial charge on any atom is -0.258 e. The number of nitro benzene ring substituents is 1. The van der Waals surface area contributed by atoms with Crippen molar-refractivity contribution in [2.45, 2.75) is 31.7 Å². The van der Waals surface area contributed by atoms with Crippen LogP contribution in [0.1, 0.15) is 19.4 Å². The van der Waals surface area contributed by atoms with Gasteiger partial charge in [-0.05, 0) is 26.8 Å². The van der Waals surface area contributed by atoms with Crippen LogP contribution in [0.4, 0.5) is 5.69 Å². The first kappa shape index (κ1) is 13.6. The minimum atomic E-state index is -3.85. The molecule has 17 heavy (non-hydrogen) atoms. The molecule has 0 unspecified atom stereocenters. The summed E-state index contributed by atoms with van der Waals surface area (Å²) in [6, 6.07) is 3.90. The second-order valence-electron chi connectivity index (χ2n) is 3.95. The third kappa shape index (κ3) is 3.01. The number of rotatable bonds is 4. The van der Waals surface area contributed by atoms with E-state index < -0.39 is 14.9 Å². The maximum absolute atomic E-state index is 11.9. The lowest BCUT2D eigenvalue weighted by molar-refractivity contribution is -0.388. The first-order valence-corrected chi connectivity index (χ1v) is 6.50. The normalized spacial score (nSPS) is 11.8. The molecule has 0 amide bonds. The number of sulfonamides is 1. The van der Waals surface area contributed by atoms with Crippen LogP contribution in [0.5, 0.6) is 0 Å². The van der Waals surface area contributed by atoms with Crippen LogP contribution in [-0.4, -0.2) is 19.4 Å². The Morgan fingerprint density at radius 3 is 2.41 bits per heavy atom. The van der Waals surface area contributed by atoms with Crippen molar-refractivity contribution in [3.05, 3.63) is 33.9 Å². The highest BCUT2D eigenvalue weighted by atomic mass is 32.2. The molecule has 1 rings (SSSR count). The summed E-state index contributed by atoms with van der Waals surface area (Å²) in [6.07, 6.45) is 0. The summed E-state index contributed by atoms with van der Waals surface area (Å²) in [5.74, 6) is 0. The molecule has 0 bridgehead atoms. The molecule has 0 fully saturated rings. The van der Waals surface area contributed by atoms with Crippen LogP contribution in [0.3, 0.4) is 0 Å². The van der Waals surface area contributed by atoms with Gasteiger partial charge in [0.05, 0.1) is 4.92 Å². The molecular weight excluding hydrogens is 244 g/mol. The molecule has 0 radical (unpaired) electrons. The number of benzene rings is 1.